The number of carbonyl (C=O) groups is 1. The van der Waals surface area contributed by atoms with E-state index in [0.29, 0.717) is 12.8 Å². The van der Waals surface area contributed by atoms with Crippen LogP contribution in [0.1, 0.15) is 46.0 Å². The number of nitrogens with one attached hydrogen (secondary N) is 1. The van der Waals surface area contributed by atoms with Crippen molar-refractivity contribution in [3.63, 3.8) is 0 Å². The largest absolute Gasteiger partial charge is 0.329 e. The van der Waals surface area contributed by atoms with Crippen LogP contribution in [0.2, 0.25) is 0 Å². The highest BCUT2D eigenvalue weighted by atomic mass is 32.2. The Balaban J connectivity index is 2.81. The predicted molar refractivity (Wildman–Crippen MR) is 66.8 cm³/mol. The molecule has 3 N–H and O–H groups in total. The van der Waals surface area contributed by atoms with Crippen molar-refractivity contribution in [1.29, 1.82) is 0 Å². The molecule has 0 aromatic rings. The van der Waals surface area contributed by atoms with Crippen molar-refractivity contribution < 1.29 is 13.2 Å². The molecular formula is C11H22N2O3S. The molecule has 0 aromatic heterocycles. The maximum Gasteiger partial charge on any atom is 0.240 e. The van der Waals surface area contributed by atoms with Crippen LogP contribution in [0, 0.1) is 5.41 Å². The van der Waals surface area contributed by atoms with Gasteiger partial charge in [0.05, 0.1) is 10.7 Å². The second-order valence-corrected chi connectivity index (χ2v) is 7.31. The van der Waals surface area contributed by atoms with E-state index in [-0.39, 0.29) is 6.54 Å². The molecule has 0 spiro atoms. The SMILES string of the molecule is CC(C)S(=O)(=O)NC(=O)C1(CN)CCCCC1. The summed E-state index contributed by atoms with van der Waals surface area (Å²) in [6.07, 6.45) is 4.33. The second kappa shape index (κ2) is 5.35. The maximum atomic E-state index is 12.1. The quantitative estimate of drug-likeness (QED) is 0.782. The Morgan fingerprint density at radius 3 is 2.24 bits per heavy atom. The molecule has 100 valence electrons. The third-order valence-corrected chi connectivity index (χ3v) is 5.25. The topological polar surface area (TPSA) is 89.3 Å². The Bertz CT molecular complexity index is 370. The first kappa shape index (κ1) is 14.4. The van der Waals surface area contributed by atoms with E-state index in [9.17, 15) is 13.2 Å². The fourth-order valence-corrected chi connectivity index (χ4v) is 2.82. The predicted octanol–water partition coefficient (Wildman–Crippen LogP) is 0.750. The number of sulfonamides is 1. The zero-order valence-electron chi connectivity index (χ0n) is 10.5. The fourth-order valence-electron chi connectivity index (χ4n) is 2.11. The molecular weight excluding hydrogens is 240 g/mol. The van der Waals surface area contributed by atoms with Crippen LogP contribution < -0.4 is 10.5 Å². The van der Waals surface area contributed by atoms with Crippen molar-refractivity contribution in [1.82, 2.24) is 4.72 Å². The summed E-state index contributed by atoms with van der Waals surface area (Å²) in [4.78, 5) is 12.1. The molecule has 5 nitrogen and oxygen atoms in total. The van der Waals surface area contributed by atoms with Crippen molar-refractivity contribution in [3.05, 3.63) is 0 Å². The van der Waals surface area contributed by atoms with Crippen molar-refractivity contribution >= 4 is 15.9 Å². The number of carbonyl (C=O) groups excluding carboxylic acids is 1. The Labute approximate surface area is 103 Å². The summed E-state index contributed by atoms with van der Waals surface area (Å²) in [6.45, 7) is 3.31. The van der Waals surface area contributed by atoms with Gasteiger partial charge < -0.3 is 5.73 Å². The smallest absolute Gasteiger partial charge is 0.240 e. The van der Waals surface area contributed by atoms with E-state index in [1.807, 2.05) is 0 Å². The van der Waals surface area contributed by atoms with E-state index in [2.05, 4.69) is 4.72 Å². The average Bonchev–Trinajstić information content (AvgIpc) is 2.29. The minimum atomic E-state index is -3.55. The van der Waals surface area contributed by atoms with Crippen LogP contribution in [-0.2, 0) is 14.8 Å². The summed E-state index contributed by atoms with van der Waals surface area (Å²) < 4.78 is 25.5. The second-order valence-electron chi connectivity index (χ2n) is 5.07. The Morgan fingerprint density at radius 1 is 1.29 bits per heavy atom. The first-order chi connectivity index (χ1) is 7.84. The number of rotatable bonds is 4. The lowest BCUT2D eigenvalue weighted by atomic mass is 9.73. The summed E-state index contributed by atoms with van der Waals surface area (Å²) in [7, 11) is -3.55. The van der Waals surface area contributed by atoms with Crippen molar-refractivity contribution in [2.75, 3.05) is 6.54 Å². The third-order valence-electron chi connectivity index (χ3n) is 3.54. The van der Waals surface area contributed by atoms with Gasteiger partial charge in [-0.05, 0) is 26.7 Å². The van der Waals surface area contributed by atoms with Gasteiger partial charge in [0.2, 0.25) is 15.9 Å². The zero-order chi connectivity index (χ0) is 13.1. The van der Waals surface area contributed by atoms with E-state index in [4.69, 9.17) is 5.73 Å². The molecule has 1 aliphatic rings. The van der Waals surface area contributed by atoms with Crippen LogP contribution in [0.3, 0.4) is 0 Å². The summed E-state index contributed by atoms with van der Waals surface area (Å²) in [6, 6.07) is 0. The van der Waals surface area contributed by atoms with E-state index in [0.717, 1.165) is 19.3 Å². The molecule has 0 saturated heterocycles. The molecule has 0 unspecified atom stereocenters. The van der Waals surface area contributed by atoms with Crippen LogP contribution in [0.4, 0.5) is 0 Å². The number of hydrogen-bond donors (Lipinski definition) is 2. The third kappa shape index (κ3) is 3.19. The summed E-state index contributed by atoms with van der Waals surface area (Å²) in [5, 5.41) is -0.607. The molecule has 1 saturated carbocycles. The Kier molecular flexibility index (Phi) is 4.55. The summed E-state index contributed by atoms with van der Waals surface area (Å²) in [5.41, 5.74) is 5.00. The first-order valence-corrected chi connectivity index (χ1v) is 7.65. The molecule has 1 rings (SSSR count). The van der Waals surface area contributed by atoms with Crippen molar-refractivity contribution in [3.8, 4) is 0 Å². The van der Waals surface area contributed by atoms with Gasteiger partial charge in [-0.15, -0.1) is 0 Å². The highest BCUT2D eigenvalue weighted by Crippen LogP contribution is 2.35. The normalized spacial score (nSPS) is 20.2. The number of hydrogen-bond acceptors (Lipinski definition) is 4. The van der Waals surface area contributed by atoms with Gasteiger partial charge in [-0.25, -0.2) is 8.42 Å². The fraction of sp³-hybridized carbons (Fsp3) is 0.909. The Hall–Kier alpha value is -0.620. The molecule has 0 radical (unpaired) electrons. The van der Waals surface area contributed by atoms with Crippen molar-refractivity contribution in [2.45, 2.75) is 51.2 Å². The van der Waals surface area contributed by atoms with E-state index in [1.54, 1.807) is 13.8 Å². The van der Waals surface area contributed by atoms with Crippen LogP contribution in [0.15, 0.2) is 0 Å². The van der Waals surface area contributed by atoms with Crippen LogP contribution in [0.25, 0.3) is 0 Å². The molecule has 0 aromatic carbocycles. The van der Waals surface area contributed by atoms with Gasteiger partial charge >= 0.3 is 0 Å². The number of amides is 1. The van der Waals surface area contributed by atoms with Crippen LogP contribution in [-0.4, -0.2) is 26.1 Å². The molecule has 17 heavy (non-hydrogen) atoms. The lowest BCUT2D eigenvalue weighted by Crippen LogP contribution is -2.50. The van der Waals surface area contributed by atoms with E-state index < -0.39 is 26.6 Å². The van der Waals surface area contributed by atoms with Gasteiger partial charge in [0, 0.05) is 6.54 Å². The highest BCUT2D eigenvalue weighted by Gasteiger charge is 2.40. The van der Waals surface area contributed by atoms with Gasteiger partial charge in [0.1, 0.15) is 0 Å². The number of nitrogens with two attached hydrogens (primary N) is 1. The lowest BCUT2D eigenvalue weighted by molar-refractivity contribution is -0.130. The standard InChI is InChI=1S/C11H22N2O3S/c1-9(2)17(15,16)13-10(14)11(8-12)6-4-3-5-7-11/h9H,3-8,12H2,1-2H3,(H,13,14). The van der Waals surface area contributed by atoms with Crippen LogP contribution >= 0.6 is 0 Å². The lowest BCUT2D eigenvalue weighted by Gasteiger charge is -2.34. The first-order valence-electron chi connectivity index (χ1n) is 6.10. The van der Waals surface area contributed by atoms with E-state index in [1.165, 1.54) is 0 Å². The summed E-state index contributed by atoms with van der Waals surface area (Å²) >= 11 is 0. The minimum Gasteiger partial charge on any atom is -0.329 e. The van der Waals surface area contributed by atoms with Gasteiger partial charge in [0.25, 0.3) is 0 Å². The molecule has 0 atom stereocenters. The van der Waals surface area contributed by atoms with Gasteiger partial charge in [0.15, 0.2) is 0 Å². The highest BCUT2D eigenvalue weighted by molar-refractivity contribution is 7.90. The maximum absolute atomic E-state index is 12.1. The molecule has 1 aliphatic carbocycles. The molecule has 1 fully saturated rings. The molecule has 0 bridgehead atoms. The van der Waals surface area contributed by atoms with Gasteiger partial charge in [-0.3, -0.25) is 9.52 Å². The molecule has 6 heteroatoms. The van der Waals surface area contributed by atoms with Gasteiger partial charge in [-0.1, -0.05) is 19.3 Å². The zero-order valence-corrected chi connectivity index (χ0v) is 11.3. The molecule has 1 amide bonds. The molecule has 0 aliphatic heterocycles. The summed E-state index contributed by atoms with van der Waals surface area (Å²) in [5.74, 6) is -0.423. The Morgan fingerprint density at radius 2 is 1.82 bits per heavy atom. The average molecular weight is 262 g/mol. The van der Waals surface area contributed by atoms with Crippen molar-refractivity contribution in [2.24, 2.45) is 11.1 Å². The van der Waals surface area contributed by atoms with Crippen LogP contribution in [0.5, 0.6) is 0 Å². The molecule has 0 heterocycles. The monoisotopic (exact) mass is 262 g/mol. The van der Waals surface area contributed by atoms with E-state index >= 15 is 0 Å². The van der Waals surface area contributed by atoms with Gasteiger partial charge in [-0.2, -0.15) is 0 Å². The minimum absolute atomic E-state index is 0.215.